The second kappa shape index (κ2) is 12.4. The number of hydrogen-bond donors (Lipinski definition) is 0. The summed E-state index contributed by atoms with van der Waals surface area (Å²) in [5.41, 5.74) is 1.85. The molecule has 0 saturated heterocycles. The lowest BCUT2D eigenvalue weighted by Gasteiger charge is -2.08. The molecule has 4 aromatic rings. The van der Waals surface area contributed by atoms with Crippen LogP contribution in [-0.4, -0.2) is 32.3 Å². The Morgan fingerprint density at radius 3 is 1.50 bits per heavy atom. The fraction of sp³-hybridized carbons (Fsp3) is 0.107. The Bertz CT molecular complexity index is 1320. The molecule has 0 atom stereocenters. The van der Waals surface area contributed by atoms with Crippen molar-refractivity contribution in [1.29, 1.82) is 0 Å². The van der Waals surface area contributed by atoms with Crippen molar-refractivity contribution < 1.29 is 27.2 Å². The maximum absolute atomic E-state index is 13.3. The van der Waals surface area contributed by atoms with Gasteiger partial charge in [0.15, 0.2) is 9.79 Å². The second-order valence-electron chi connectivity index (χ2n) is 7.58. The molecule has 0 unspecified atom stereocenters. The molecule has 0 spiro atoms. The number of aryl methyl sites for hydroxylation is 1. The van der Waals surface area contributed by atoms with E-state index in [4.69, 9.17) is 9.47 Å². The second-order valence-corrected chi connectivity index (χ2v) is 10.9. The highest BCUT2D eigenvalue weighted by Gasteiger charge is 2.36. The standard InChI is InChI=1S/C22H21O3S.C6H6O3S/c1-16-4-6-17(7-5-16)22(23)26(20-12-8-18(24-2)9-13-20)21-14-10-19(25-3)11-15-21;7-10(8,9)6-4-2-1-3-5-6/h4-15H,1-3H3;1-5H,(H,7,8,9)/q+1;/p-1. The first kappa shape index (κ1) is 27.0. The molecule has 0 aliphatic rings. The van der Waals surface area contributed by atoms with Crippen LogP contribution in [0.1, 0.15) is 15.9 Å². The van der Waals surface area contributed by atoms with E-state index >= 15 is 0 Å². The molecular weight excluding hydrogens is 496 g/mol. The summed E-state index contributed by atoms with van der Waals surface area (Å²) in [5.74, 6) is 1.55. The molecule has 8 heteroatoms. The minimum Gasteiger partial charge on any atom is -0.744 e. The Hall–Kier alpha value is -3.59. The Kier molecular flexibility index (Phi) is 9.30. The van der Waals surface area contributed by atoms with Crippen molar-refractivity contribution in [2.24, 2.45) is 0 Å². The Morgan fingerprint density at radius 1 is 0.694 bits per heavy atom. The van der Waals surface area contributed by atoms with Gasteiger partial charge in [-0.15, -0.1) is 0 Å². The maximum atomic E-state index is 13.3. The summed E-state index contributed by atoms with van der Waals surface area (Å²) in [5, 5.41) is 0.0975. The number of benzene rings is 4. The summed E-state index contributed by atoms with van der Waals surface area (Å²) in [6.07, 6.45) is 0. The van der Waals surface area contributed by atoms with Crippen molar-refractivity contribution >= 4 is 26.1 Å². The van der Waals surface area contributed by atoms with Crippen molar-refractivity contribution in [3.8, 4) is 11.5 Å². The zero-order chi connectivity index (χ0) is 26.1. The molecule has 36 heavy (non-hydrogen) atoms. The fourth-order valence-electron chi connectivity index (χ4n) is 3.17. The van der Waals surface area contributed by atoms with Gasteiger partial charge in [0.2, 0.25) is 0 Å². The molecule has 0 fully saturated rings. The van der Waals surface area contributed by atoms with Gasteiger partial charge in [-0.1, -0.05) is 35.9 Å². The van der Waals surface area contributed by atoms with E-state index in [0.717, 1.165) is 26.9 Å². The quantitative estimate of drug-likeness (QED) is 0.246. The normalized spacial score (nSPS) is 10.8. The van der Waals surface area contributed by atoms with E-state index in [-0.39, 0.29) is 10.0 Å². The van der Waals surface area contributed by atoms with Gasteiger partial charge in [-0.2, -0.15) is 0 Å². The van der Waals surface area contributed by atoms with Gasteiger partial charge in [0.05, 0.1) is 24.7 Å². The molecule has 0 aromatic heterocycles. The van der Waals surface area contributed by atoms with Gasteiger partial charge in [-0.05, 0) is 79.7 Å². The molecular formula is C28H26O6S2. The van der Waals surface area contributed by atoms with Crippen molar-refractivity contribution in [3.63, 3.8) is 0 Å². The van der Waals surface area contributed by atoms with Crippen LogP contribution in [0.2, 0.25) is 0 Å². The van der Waals surface area contributed by atoms with Gasteiger partial charge < -0.3 is 14.0 Å². The van der Waals surface area contributed by atoms with E-state index in [1.807, 2.05) is 79.7 Å². The van der Waals surface area contributed by atoms with Gasteiger partial charge in [0.25, 0.3) is 0 Å². The Labute approximate surface area is 214 Å². The molecule has 0 aliphatic heterocycles. The van der Waals surface area contributed by atoms with E-state index in [9.17, 15) is 17.8 Å². The van der Waals surface area contributed by atoms with Crippen molar-refractivity contribution in [2.45, 2.75) is 21.6 Å². The van der Waals surface area contributed by atoms with Crippen LogP contribution in [0.5, 0.6) is 11.5 Å². The summed E-state index contributed by atoms with van der Waals surface area (Å²) in [6.45, 7) is 2.01. The molecule has 0 radical (unpaired) electrons. The number of carbonyl (C=O) groups excluding carboxylic acids is 1. The highest BCUT2D eigenvalue weighted by Crippen LogP contribution is 2.30. The molecule has 6 nitrogen and oxygen atoms in total. The van der Waals surface area contributed by atoms with Crippen LogP contribution in [0, 0.1) is 6.92 Å². The number of methoxy groups -OCH3 is 2. The molecule has 0 amide bonds. The Morgan fingerprint density at radius 2 is 1.14 bits per heavy atom. The SMILES string of the molecule is COc1ccc([S+](C(=O)c2ccc(C)cc2)c2ccc(OC)cc2)cc1.O=S(=O)([O-])c1ccccc1. The average Bonchev–Trinajstić information content (AvgIpc) is 2.90. The number of ether oxygens (including phenoxy) is 2. The molecule has 0 bridgehead atoms. The largest absolute Gasteiger partial charge is 0.744 e. The molecule has 0 heterocycles. The van der Waals surface area contributed by atoms with Gasteiger partial charge in [-0.25, -0.2) is 13.2 Å². The minimum atomic E-state index is -4.25. The van der Waals surface area contributed by atoms with Crippen LogP contribution in [0.15, 0.2) is 118 Å². The third-order valence-electron chi connectivity index (χ3n) is 5.09. The maximum Gasteiger partial charge on any atom is 0.373 e. The van der Waals surface area contributed by atoms with E-state index in [1.54, 1.807) is 20.3 Å². The van der Waals surface area contributed by atoms with E-state index in [1.165, 1.54) is 24.3 Å². The van der Waals surface area contributed by atoms with Crippen LogP contribution >= 0.6 is 0 Å². The lowest BCUT2D eigenvalue weighted by Crippen LogP contribution is -2.16. The molecule has 0 aliphatic carbocycles. The van der Waals surface area contributed by atoms with Crippen LogP contribution in [-0.2, 0) is 21.0 Å². The topological polar surface area (TPSA) is 92.7 Å². The fourth-order valence-corrected chi connectivity index (χ4v) is 5.55. The predicted molar refractivity (Wildman–Crippen MR) is 140 cm³/mol. The molecule has 4 rings (SSSR count). The summed E-state index contributed by atoms with van der Waals surface area (Å²) in [7, 11) is -1.71. The minimum absolute atomic E-state index is 0.0975. The first-order valence-electron chi connectivity index (χ1n) is 10.9. The molecule has 4 aromatic carbocycles. The van der Waals surface area contributed by atoms with Crippen LogP contribution < -0.4 is 9.47 Å². The summed E-state index contributed by atoms with van der Waals surface area (Å²) >= 11 is 0. The molecule has 0 N–H and O–H groups in total. The van der Waals surface area contributed by atoms with Crippen molar-refractivity contribution in [2.75, 3.05) is 14.2 Å². The Balaban J connectivity index is 0.000000303. The summed E-state index contributed by atoms with van der Waals surface area (Å²) in [6, 6.07) is 30.3. The predicted octanol–water partition coefficient (Wildman–Crippen LogP) is 5.48. The van der Waals surface area contributed by atoms with Gasteiger partial charge >= 0.3 is 5.12 Å². The lowest BCUT2D eigenvalue weighted by atomic mass is 10.2. The number of rotatable bonds is 6. The van der Waals surface area contributed by atoms with Gasteiger partial charge in [0, 0.05) is 0 Å². The lowest BCUT2D eigenvalue weighted by molar-refractivity contribution is 0.108. The number of carbonyl (C=O) groups is 1. The van der Waals surface area contributed by atoms with Crippen LogP contribution in [0.25, 0.3) is 0 Å². The highest BCUT2D eigenvalue weighted by atomic mass is 32.2. The zero-order valence-electron chi connectivity index (χ0n) is 20.1. The summed E-state index contributed by atoms with van der Waals surface area (Å²) in [4.78, 5) is 15.1. The summed E-state index contributed by atoms with van der Waals surface area (Å²) < 4.78 is 41.3. The van der Waals surface area contributed by atoms with Gasteiger partial charge in [0.1, 0.15) is 32.5 Å². The van der Waals surface area contributed by atoms with Crippen LogP contribution in [0.4, 0.5) is 0 Å². The van der Waals surface area contributed by atoms with Gasteiger partial charge in [-0.3, -0.25) is 0 Å². The zero-order valence-corrected chi connectivity index (χ0v) is 21.7. The van der Waals surface area contributed by atoms with E-state index in [2.05, 4.69) is 0 Å². The smallest absolute Gasteiger partial charge is 0.373 e. The van der Waals surface area contributed by atoms with Crippen LogP contribution in [0.3, 0.4) is 0 Å². The third kappa shape index (κ3) is 7.21. The monoisotopic (exact) mass is 522 g/mol. The third-order valence-corrected chi connectivity index (χ3v) is 8.04. The van der Waals surface area contributed by atoms with E-state index < -0.39 is 21.0 Å². The van der Waals surface area contributed by atoms with E-state index in [0.29, 0.717) is 5.56 Å². The molecule has 0 saturated carbocycles. The first-order valence-corrected chi connectivity index (χ1v) is 13.5. The molecule has 186 valence electrons. The highest BCUT2D eigenvalue weighted by molar-refractivity contribution is 8.11. The van der Waals surface area contributed by atoms with Crippen molar-refractivity contribution in [3.05, 3.63) is 114 Å². The average molecular weight is 523 g/mol. The van der Waals surface area contributed by atoms with Crippen molar-refractivity contribution in [1.82, 2.24) is 0 Å². The number of hydrogen-bond acceptors (Lipinski definition) is 6. The first-order chi connectivity index (χ1) is 17.2.